The Morgan fingerprint density at radius 1 is 1.27 bits per heavy atom. The van der Waals surface area contributed by atoms with Crippen molar-refractivity contribution in [1.82, 2.24) is 4.57 Å². The van der Waals surface area contributed by atoms with Crippen molar-refractivity contribution in [3.63, 3.8) is 0 Å². The Morgan fingerprint density at radius 2 is 1.95 bits per heavy atom. The van der Waals surface area contributed by atoms with Crippen LogP contribution in [0.5, 0.6) is 0 Å². The molecule has 0 saturated heterocycles. The molecule has 0 aliphatic rings. The highest BCUT2D eigenvalue weighted by atomic mass is 16.4. The fraction of sp³-hybridized carbons (Fsp3) is 0.471. The fourth-order valence-corrected chi connectivity index (χ4v) is 3.07. The van der Waals surface area contributed by atoms with Crippen molar-refractivity contribution in [2.24, 2.45) is 11.5 Å². The van der Waals surface area contributed by atoms with Gasteiger partial charge >= 0.3 is 5.97 Å². The molecule has 1 heterocycles. The summed E-state index contributed by atoms with van der Waals surface area (Å²) in [7, 11) is 0. The van der Waals surface area contributed by atoms with Gasteiger partial charge in [-0.3, -0.25) is 0 Å². The molecule has 5 nitrogen and oxygen atoms in total. The van der Waals surface area contributed by atoms with E-state index in [1.54, 1.807) is 6.07 Å². The highest BCUT2D eigenvalue weighted by Gasteiger charge is 2.21. The number of aromatic carboxylic acids is 1. The first-order valence-corrected chi connectivity index (χ1v) is 7.71. The van der Waals surface area contributed by atoms with Gasteiger partial charge in [0.15, 0.2) is 0 Å². The van der Waals surface area contributed by atoms with E-state index in [2.05, 4.69) is 19.9 Å². The van der Waals surface area contributed by atoms with Crippen LogP contribution in [0.4, 0.5) is 0 Å². The lowest BCUT2D eigenvalue weighted by Gasteiger charge is -2.11. The van der Waals surface area contributed by atoms with Crippen LogP contribution in [-0.4, -0.2) is 28.7 Å². The molecule has 0 unspecified atom stereocenters. The van der Waals surface area contributed by atoms with Crippen LogP contribution in [0.15, 0.2) is 12.1 Å². The van der Waals surface area contributed by atoms with Crippen molar-refractivity contribution >= 4 is 16.9 Å². The number of carbonyl (C=O) groups is 1. The van der Waals surface area contributed by atoms with E-state index >= 15 is 0 Å². The highest BCUT2D eigenvalue weighted by molar-refractivity contribution is 6.04. The van der Waals surface area contributed by atoms with E-state index in [0.717, 1.165) is 34.1 Å². The highest BCUT2D eigenvalue weighted by Crippen LogP contribution is 2.32. The summed E-state index contributed by atoms with van der Waals surface area (Å²) in [6.45, 7) is 7.77. The number of hydrogen-bond donors (Lipinski definition) is 3. The van der Waals surface area contributed by atoms with Gasteiger partial charge < -0.3 is 21.1 Å². The molecule has 0 saturated carbocycles. The van der Waals surface area contributed by atoms with Crippen molar-refractivity contribution in [2.75, 3.05) is 13.1 Å². The van der Waals surface area contributed by atoms with Crippen LogP contribution in [0, 0.1) is 6.92 Å². The minimum atomic E-state index is -0.900. The van der Waals surface area contributed by atoms with Crippen LogP contribution in [0.3, 0.4) is 0 Å². The molecule has 120 valence electrons. The zero-order valence-electron chi connectivity index (χ0n) is 13.5. The van der Waals surface area contributed by atoms with Gasteiger partial charge in [0.1, 0.15) is 0 Å². The molecule has 0 spiro atoms. The Kier molecular flexibility index (Phi) is 4.88. The summed E-state index contributed by atoms with van der Waals surface area (Å²) in [5.41, 5.74) is 15.8. The average Bonchev–Trinajstić information content (AvgIpc) is 2.72. The molecule has 0 aliphatic carbocycles. The van der Waals surface area contributed by atoms with E-state index < -0.39 is 5.97 Å². The Labute approximate surface area is 130 Å². The van der Waals surface area contributed by atoms with Gasteiger partial charge in [-0.25, -0.2) is 4.79 Å². The zero-order valence-corrected chi connectivity index (χ0v) is 13.5. The van der Waals surface area contributed by atoms with Gasteiger partial charge in [-0.1, -0.05) is 13.8 Å². The number of nitrogens with two attached hydrogens (primary N) is 2. The van der Waals surface area contributed by atoms with Gasteiger partial charge in [-0.15, -0.1) is 0 Å². The number of benzene rings is 1. The number of rotatable bonds is 6. The van der Waals surface area contributed by atoms with Gasteiger partial charge in [0, 0.05) is 24.2 Å². The van der Waals surface area contributed by atoms with E-state index in [4.69, 9.17) is 11.5 Å². The predicted molar refractivity (Wildman–Crippen MR) is 89.5 cm³/mol. The van der Waals surface area contributed by atoms with Crippen LogP contribution in [0.2, 0.25) is 0 Å². The Morgan fingerprint density at radius 3 is 2.45 bits per heavy atom. The number of carboxylic acid groups (broad SMARTS) is 1. The molecule has 0 bridgehead atoms. The van der Waals surface area contributed by atoms with Crippen LogP contribution in [0.1, 0.15) is 46.9 Å². The monoisotopic (exact) mass is 303 g/mol. The molecule has 0 fully saturated rings. The second-order valence-electron chi connectivity index (χ2n) is 5.97. The molecule has 5 heteroatoms. The first kappa shape index (κ1) is 16.5. The quantitative estimate of drug-likeness (QED) is 0.762. The summed E-state index contributed by atoms with van der Waals surface area (Å²) >= 11 is 0. The van der Waals surface area contributed by atoms with E-state index in [0.29, 0.717) is 25.2 Å². The molecule has 1 aromatic heterocycles. The SMILES string of the molecule is Cc1c(CCN)c2cc(C(C)C)cc(C(=O)O)c2n1CCN. The van der Waals surface area contributed by atoms with Crippen LogP contribution < -0.4 is 11.5 Å². The summed E-state index contributed by atoms with van der Waals surface area (Å²) in [5.74, 6) is -0.631. The van der Waals surface area contributed by atoms with E-state index in [1.165, 1.54) is 0 Å². The first-order valence-electron chi connectivity index (χ1n) is 7.71. The van der Waals surface area contributed by atoms with Crippen LogP contribution in [-0.2, 0) is 13.0 Å². The molecule has 0 atom stereocenters. The van der Waals surface area contributed by atoms with Crippen molar-refractivity contribution < 1.29 is 9.90 Å². The second kappa shape index (κ2) is 6.50. The van der Waals surface area contributed by atoms with Gasteiger partial charge in [0.25, 0.3) is 0 Å². The number of fused-ring (bicyclic) bond motifs is 1. The van der Waals surface area contributed by atoms with Crippen molar-refractivity contribution in [2.45, 2.75) is 39.7 Å². The third-order valence-corrected chi connectivity index (χ3v) is 4.21. The Hall–Kier alpha value is -1.85. The molecule has 0 amide bonds. The third kappa shape index (κ3) is 2.74. The predicted octanol–water partition coefficient (Wildman–Crippen LogP) is 2.23. The summed E-state index contributed by atoms with van der Waals surface area (Å²) in [6.07, 6.45) is 0.737. The molecule has 1 aromatic carbocycles. The maximum atomic E-state index is 11.8. The fourth-order valence-electron chi connectivity index (χ4n) is 3.07. The standard InChI is InChI=1S/C17H25N3O2/c1-10(2)12-8-14-13(4-5-18)11(3)20(7-6-19)16(14)15(9-12)17(21)22/h8-10H,4-7,18-19H2,1-3H3,(H,21,22). The topological polar surface area (TPSA) is 94.3 Å². The lowest BCUT2D eigenvalue weighted by atomic mass is 9.96. The molecule has 2 rings (SSSR count). The maximum Gasteiger partial charge on any atom is 0.337 e. The maximum absolute atomic E-state index is 11.8. The second-order valence-corrected chi connectivity index (χ2v) is 5.97. The number of carboxylic acids is 1. The van der Waals surface area contributed by atoms with Gasteiger partial charge in [0.05, 0.1) is 11.1 Å². The van der Waals surface area contributed by atoms with Crippen molar-refractivity contribution in [1.29, 1.82) is 0 Å². The summed E-state index contributed by atoms with van der Waals surface area (Å²) in [6, 6.07) is 3.89. The first-order chi connectivity index (χ1) is 10.4. The van der Waals surface area contributed by atoms with Crippen molar-refractivity contribution in [3.8, 4) is 0 Å². The van der Waals surface area contributed by atoms with Gasteiger partial charge in [-0.05, 0) is 49.1 Å². The van der Waals surface area contributed by atoms with E-state index in [9.17, 15) is 9.90 Å². The summed E-state index contributed by atoms with van der Waals surface area (Å²) in [4.78, 5) is 11.8. The number of nitrogens with zero attached hydrogens (tertiary/aromatic N) is 1. The third-order valence-electron chi connectivity index (χ3n) is 4.21. The molecule has 0 aliphatic heterocycles. The molecule has 2 aromatic rings. The van der Waals surface area contributed by atoms with E-state index in [1.807, 2.05) is 11.5 Å². The van der Waals surface area contributed by atoms with Crippen molar-refractivity contribution in [3.05, 3.63) is 34.5 Å². The molecule has 22 heavy (non-hydrogen) atoms. The Balaban J connectivity index is 2.90. The summed E-state index contributed by atoms with van der Waals surface area (Å²) in [5, 5.41) is 10.6. The number of aromatic nitrogens is 1. The Bertz CT molecular complexity index is 702. The normalized spacial score (nSPS) is 11.5. The largest absolute Gasteiger partial charge is 0.478 e. The van der Waals surface area contributed by atoms with Crippen LogP contribution >= 0.6 is 0 Å². The zero-order chi connectivity index (χ0) is 16.4. The summed E-state index contributed by atoms with van der Waals surface area (Å²) < 4.78 is 2.02. The van der Waals surface area contributed by atoms with Gasteiger partial charge in [0.2, 0.25) is 0 Å². The molecule has 0 radical (unpaired) electrons. The van der Waals surface area contributed by atoms with E-state index in [-0.39, 0.29) is 5.92 Å². The lowest BCUT2D eigenvalue weighted by Crippen LogP contribution is -2.13. The molecular formula is C17H25N3O2. The van der Waals surface area contributed by atoms with Gasteiger partial charge in [-0.2, -0.15) is 0 Å². The molecular weight excluding hydrogens is 278 g/mol. The lowest BCUT2D eigenvalue weighted by molar-refractivity contribution is 0.0698. The minimum absolute atomic E-state index is 0.270. The minimum Gasteiger partial charge on any atom is -0.478 e. The average molecular weight is 303 g/mol. The smallest absolute Gasteiger partial charge is 0.337 e. The molecule has 5 N–H and O–H groups in total. The van der Waals surface area contributed by atoms with Crippen LogP contribution in [0.25, 0.3) is 10.9 Å². The number of hydrogen-bond acceptors (Lipinski definition) is 3.